The molecule has 0 saturated heterocycles. The molecule has 2 aromatic carbocycles. The van der Waals surface area contributed by atoms with Crippen molar-refractivity contribution in [3.63, 3.8) is 0 Å². The van der Waals surface area contributed by atoms with Gasteiger partial charge in [0.1, 0.15) is 17.9 Å². The number of nitrogens with zero attached hydrogens (tertiary/aromatic N) is 2. The lowest BCUT2D eigenvalue weighted by atomic mass is 10.0. The van der Waals surface area contributed by atoms with Gasteiger partial charge in [0.25, 0.3) is 5.56 Å². The fourth-order valence-electron chi connectivity index (χ4n) is 3.00. The van der Waals surface area contributed by atoms with Gasteiger partial charge in [0.15, 0.2) is 5.76 Å². The molecule has 0 saturated carbocycles. The Morgan fingerprint density at radius 3 is 2.55 bits per heavy atom. The summed E-state index contributed by atoms with van der Waals surface area (Å²) in [6, 6.07) is 22.0. The standard InChI is InChI=1S/C22H18N4O3/c23-17-13-19(20-11-6-12-29-20)25-26(22(17)28)14-21(27)24-18-10-5-4-9-16(18)15-7-2-1-3-8-15/h1-13H,14,23H2,(H,24,27). The summed E-state index contributed by atoms with van der Waals surface area (Å²) >= 11 is 0. The first-order valence-electron chi connectivity index (χ1n) is 8.97. The number of benzene rings is 2. The number of anilines is 2. The van der Waals surface area contributed by atoms with Crippen LogP contribution in [0.5, 0.6) is 0 Å². The predicted molar refractivity (Wildman–Crippen MR) is 111 cm³/mol. The minimum absolute atomic E-state index is 0.0103. The van der Waals surface area contributed by atoms with Crippen molar-refractivity contribution in [3.05, 3.63) is 89.4 Å². The number of nitrogens with one attached hydrogen (secondary N) is 1. The van der Waals surface area contributed by atoms with E-state index < -0.39 is 5.56 Å². The van der Waals surface area contributed by atoms with Crippen molar-refractivity contribution in [1.29, 1.82) is 0 Å². The summed E-state index contributed by atoms with van der Waals surface area (Å²) in [7, 11) is 0. The molecule has 0 aliphatic carbocycles. The molecule has 0 fully saturated rings. The van der Waals surface area contributed by atoms with E-state index in [1.165, 1.54) is 12.3 Å². The third-order valence-electron chi connectivity index (χ3n) is 4.35. The smallest absolute Gasteiger partial charge is 0.290 e. The Kier molecular flexibility index (Phi) is 4.94. The Labute approximate surface area is 166 Å². The molecule has 4 aromatic rings. The maximum atomic E-state index is 12.7. The number of hydrogen-bond donors (Lipinski definition) is 2. The largest absolute Gasteiger partial charge is 0.463 e. The van der Waals surface area contributed by atoms with Gasteiger partial charge in [0.2, 0.25) is 5.91 Å². The Morgan fingerprint density at radius 2 is 1.79 bits per heavy atom. The number of nitrogens with two attached hydrogens (primary N) is 1. The van der Waals surface area contributed by atoms with E-state index in [2.05, 4.69) is 10.4 Å². The molecule has 0 bridgehead atoms. The van der Waals surface area contributed by atoms with Crippen molar-refractivity contribution in [2.24, 2.45) is 0 Å². The third-order valence-corrected chi connectivity index (χ3v) is 4.35. The first-order chi connectivity index (χ1) is 14.1. The van der Waals surface area contributed by atoms with Crippen LogP contribution in [0.2, 0.25) is 0 Å². The highest BCUT2D eigenvalue weighted by Crippen LogP contribution is 2.27. The van der Waals surface area contributed by atoms with Crippen molar-refractivity contribution in [2.75, 3.05) is 11.1 Å². The Bertz CT molecular complexity index is 1200. The van der Waals surface area contributed by atoms with Gasteiger partial charge < -0.3 is 15.5 Å². The van der Waals surface area contributed by atoms with Gasteiger partial charge in [-0.15, -0.1) is 0 Å². The summed E-state index contributed by atoms with van der Waals surface area (Å²) in [6.07, 6.45) is 1.50. The highest BCUT2D eigenvalue weighted by atomic mass is 16.3. The first kappa shape index (κ1) is 18.2. The van der Waals surface area contributed by atoms with Gasteiger partial charge in [-0.1, -0.05) is 48.5 Å². The number of amides is 1. The summed E-state index contributed by atoms with van der Waals surface area (Å²) in [5.74, 6) is 0.0688. The van der Waals surface area contributed by atoms with Crippen LogP contribution in [-0.2, 0) is 11.3 Å². The molecular weight excluding hydrogens is 368 g/mol. The molecule has 0 radical (unpaired) electrons. The fourth-order valence-corrected chi connectivity index (χ4v) is 3.00. The number of rotatable bonds is 5. The van der Waals surface area contributed by atoms with E-state index in [1.54, 1.807) is 12.1 Å². The van der Waals surface area contributed by atoms with Crippen LogP contribution in [-0.4, -0.2) is 15.7 Å². The lowest BCUT2D eigenvalue weighted by Gasteiger charge is -2.12. The van der Waals surface area contributed by atoms with Gasteiger partial charge in [-0.25, -0.2) is 4.68 Å². The van der Waals surface area contributed by atoms with Crippen LogP contribution < -0.4 is 16.6 Å². The molecule has 0 unspecified atom stereocenters. The van der Waals surface area contributed by atoms with Gasteiger partial charge in [0, 0.05) is 11.3 Å². The number of aromatic nitrogens is 2. The van der Waals surface area contributed by atoms with Gasteiger partial charge in [-0.2, -0.15) is 5.10 Å². The van der Waals surface area contributed by atoms with Crippen molar-refractivity contribution in [3.8, 4) is 22.6 Å². The molecular formula is C22H18N4O3. The zero-order valence-electron chi connectivity index (χ0n) is 15.4. The Hall–Kier alpha value is -4.13. The fraction of sp³-hybridized carbons (Fsp3) is 0.0455. The number of hydrogen-bond acceptors (Lipinski definition) is 5. The average Bonchev–Trinajstić information content (AvgIpc) is 3.27. The van der Waals surface area contributed by atoms with Crippen LogP contribution in [0.25, 0.3) is 22.6 Å². The van der Waals surface area contributed by atoms with Crippen LogP contribution in [0.15, 0.2) is 88.3 Å². The molecule has 29 heavy (non-hydrogen) atoms. The van der Waals surface area contributed by atoms with Crippen molar-refractivity contribution >= 4 is 17.3 Å². The molecule has 0 aliphatic heterocycles. The van der Waals surface area contributed by atoms with E-state index >= 15 is 0 Å². The summed E-state index contributed by atoms with van der Waals surface area (Å²) < 4.78 is 6.34. The van der Waals surface area contributed by atoms with Crippen LogP contribution in [0.4, 0.5) is 11.4 Å². The van der Waals surface area contributed by atoms with Crippen LogP contribution in [0.3, 0.4) is 0 Å². The van der Waals surface area contributed by atoms with Gasteiger partial charge in [-0.05, 0) is 29.8 Å². The van der Waals surface area contributed by atoms with Gasteiger partial charge in [0.05, 0.1) is 6.26 Å². The summed E-state index contributed by atoms with van der Waals surface area (Å²) in [5.41, 5.74) is 8.14. The number of carbonyl (C=O) groups is 1. The molecule has 2 heterocycles. The van der Waals surface area contributed by atoms with Gasteiger partial charge in [-0.3, -0.25) is 9.59 Å². The molecule has 0 atom stereocenters. The van der Waals surface area contributed by atoms with E-state index in [-0.39, 0.29) is 18.1 Å². The molecule has 7 nitrogen and oxygen atoms in total. The molecule has 2 aromatic heterocycles. The Balaban J connectivity index is 1.60. The molecule has 3 N–H and O–H groups in total. The summed E-state index contributed by atoms with van der Waals surface area (Å²) in [5, 5.41) is 7.06. The second-order valence-corrected chi connectivity index (χ2v) is 6.38. The molecule has 0 spiro atoms. The lowest BCUT2D eigenvalue weighted by molar-refractivity contribution is -0.117. The van der Waals surface area contributed by atoms with Crippen molar-refractivity contribution in [2.45, 2.75) is 6.54 Å². The van der Waals surface area contributed by atoms with Gasteiger partial charge >= 0.3 is 0 Å². The first-order valence-corrected chi connectivity index (χ1v) is 8.97. The molecule has 0 aliphatic rings. The van der Waals surface area contributed by atoms with E-state index in [9.17, 15) is 9.59 Å². The van der Waals surface area contributed by atoms with Crippen molar-refractivity contribution < 1.29 is 9.21 Å². The maximum absolute atomic E-state index is 12.7. The van der Waals surface area contributed by atoms with Crippen LogP contribution in [0, 0.1) is 0 Å². The molecule has 7 heteroatoms. The topological polar surface area (TPSA) is 103 Å². The molecule has 4 rings (SSSR count). The zero-order valence-corrected chi connectivity index (χ0v) is 15.4. The van der Waals surface area contributed by atoms with E-state index in [4.69, 9.17) is 10.2 Å². The van der Waals surface area contributed by atoms with E-state index in [0.29, 0.717) is 17.1 Å². The summed E-state index contributed by atoms with van der Waals surface area (Å²) in [6.45, 7) is -0.277. The molecule has 1 amide bonds. The number of furan rings is 1. The molecule has 144 valence electrons. The monoisotopic (exact) mass is 386 g/mol. The van der Waals surface area contributed by atoms with E-state index in [1.807, 2.05) is 54.6 Å². The third kappa shape index (κ3) is 3.93. The quantitative estimate of drug-likeness (QED) is 0.547. The predicted octanol–water partition coefficient (Wildman–Crippen LogP) is 3.39. The zero-order chi connectivity index (χ0) is 20.2. The number of carbonyl (C=O) groups excluding carboxylic acids is 1. The highest BCUT2D eigenvalue weighted by molar-refractivity contribution is 5.95. The normalized spacial score (nSPS) is 10.6. The minimum atomic E-state index is -0.535. The average molecular weight is 386 g/mol. The minimum Gasteiger partial charge on any atom is -0.463 e. The lowest BCUT2D eigenvalue weighted by Crippen LogP contribution is -2.31. The van der Waals surface area contributed by atoms with Crippen LogP contribution in [0.1, 0.15) is 0 Å². The highest BCUT2D eigenvalue weighted by Gasteiger charge is 2.14. The van der Waals surface area contributed by atoms with Crippen LogP contribution >= 0.6 is 0 Å². The van der Waals surface area contributed by atoms with Crippen molar-refractivity contribution in [1.82, 2.24) is 9.78 Å². The number of nitrogen functional groups attached to an aromatic ring is 1. The SMILES string of the molecule is Nc1cc(-c2ccco2)nn(CC(=O)Nc2ccccc2-c2ccccc2)c1=O. The Morgan fingerprint density at radius 1 is 1.03 bits per heavy atom. The summed E-state index contributed by atoms with van der Waals surface area (Å²) in [4.78, 5) is 25.0. The maximum Gasteiger partial charge on any atom is 0.290 e. The van der Waals surface area contributed by atoms with E-state index in [0.717, 1.165) is 15.8 Å². The second kappa shape index (κ2) is 7.85. The second-order valence-electron chi connectivity index (χ2n) is 6.38. The number of para-hydroxylation sites is 1.